The van der Waals surface area contributed by atoms with Crippen LogP contribution in [0, 0.1) is 17.5 Å². The third kappa shape index (κ3) is 4.78. The Balaban J connectivity index is 0.00000155. The maximum Gasteiger partial charge on any atom is 0.435 e. The minimum absolute atomic E-state index is 0.0435. The molecule has 0 radical (unpaired) electrons. The molecule has 0 unspecified atom stereocenters. The minimum Gasteiger partial charge on any atom is -0.304 e. The highest BCUT2D eigenvalue weighted by Gasteiger charge is 2.34. The van der Waals surface area contributed by atoms with Gasteiger partial charge in [-0.2, -0.15) is 18.3 Å². The van der Waals surface area contributed by atoms with Gasteiger partial charge in [-0.1, -0.05) is 19.9 Å². The first kappa shape index (κ1) is 22.9. The molecule has 1 N–H and O–H groups in total. The summed E-state index contributed by atoms with van der Waals surface area (Å²) in [5.41, 5.74) is -2.21. The van der Waals surface area contributed by atoms with Crippen LogP contribution in [0.5, 0.6) is 0 Å². The number of hydrogen-bond donors (Lipinski definition) is 1. The number of hydrogen-bond acceptors (Lipinski definition) is 3. The minimum atomic E-state index is -4.68. The van der Waals surface area contributed by atoms with Crippen LogP contribution in [0.1, 0.15) is 29.9 Å². The number of amides is 1. The van der Waals surface area contributed by atoms with E-state index in [0.29, 0.717) is 6.07 Å². The van der Waals surface area contributed by atoms with E-state index in [1.807, 2.05) is 19.2 Å². The third-order valence-corrected chi connectivity index (χ3v) is 3.73. The second-order valence-corrected chi connectivity index (χ2v) is 5.64. The smallest absolute Gasteiger partial charge is 0.304 e. The lowest BCUT2D eigenvalue weighted by Crippen LogP contribution is -2.17. The summed E-state index contributed by atoms with van der Waals surface area (Å²) in [5.74, 6) is -5.32. The van der Waals surface area contributed by atoms with Crippen molar-refractivity contribution < 1.29 is 31.1 Å². The van der Waals surface area contributed by atoms with Crippen LogP contribution in [0.3, 0.4) is 0 Å². The Hall–Kier alpha value is -3.37. The Morgan fingerprint density at radius 3 is 2.13 bits per heavy atom. The predicted molar refractivity (Wildman–Crippen MR) is 97.1 cm³/mol. The summed E-state index contributed by atoms with van der Waals surface area (Å²) in [7, 11) is 1.24. The fraction of sp³-hybridized carbons (Fsp3) is 0.211. The lowest BCUT2D eigenvalue weighted by Gasteiger charge is -2.08. The highest BCUT2D eigenvalue weighted by Crippen LogP contribution is 2.31. The van der Waals surface area contributed by atoms with Crippen LogP contribution in [0.2, 0.25) is 0 Å². The molecule has 0 bridgehead atoms. The quantitative estimate of drug-likeness (QED) is 0.582. The predicted octanol–water partition coefficient (Wildman–Crippen LogP) is 5.20. The van der Waals surface area contributed by atoms with Gasteiger partial charge >= 0.3 is 6.18 Å². The molecule has 1 amide bonds. The average molecular weight is 430 g/mol. The molecule has 0 aliphatic heterocycles. The second-order valence-electron chi connectivity index (χ2n) is 5.64. The first-order valence-electron chi connectivity index (χ1n) is 8.60. The van der Waals surface area contributed by atoms with E-state index in [2.05, 4.69) is 10.1 Å². The van der Waals surface area contributed by atoms with Gasteiger partial charge in [0.15, 0.2) is 17.3 Å². The first-order chi connectivity index (χ1) is 14.1. The van der Waals surface area contributed by atoms with Crippen molar-refractivity contribution in [2.75, 3.05) is 5.32 Å². The van der Waals surface area contributed by atoms with Crippen molar-refractivity contribution in [3.8, 4) is 11.3 Å². The summed E-state index contributed by atoms with van der Waals surface area (Å²) in [5, 5.41) is 5.23. The number of nitrogens with zero attached hydrogens (tertiary/aromatic N) is 3. The van der Waals surface area contributed by atoms with E-state index in [1.165, 1.54) is 7.05 Å². The lowest BCUT2D eigenvalue weighted by molar-refractivity contribution is -0.141. The molecule has 0 saturated carbocycles. The number of benzene rings is 1. The summed E-state index contributed by atoms with van der Waals surface area (Å²) in [6.07, 6.45) is -3.69. The van der Waals surface area contributed by atoms with Gasteiger partial charge in [0, 0.05) is 18.8 Å². The lowest BCUT2D eigenvalue weighted by atomic mass is 10.1. The largest absolute Gasteiger partial charge is 0.435 e. The van der Waals surface area contributed by atoms with Crippen LogP contribution < -0.4 is 5.32 Å². The van der Waals surface area contributed by atoms with Crippen molar-refractivity contribution in [2.45, 2.75) is 20.0 Å². The van der Waals surface area contributed by atoms with Gasteiger partial charge in [0.2, 0.25) is 0 Å². The molecule has 160 valence electrons. The van der Waals surface area contributed by atoms with E-state index >= 15 is 0 Å². The number of carbonyl (C=O) groups excluding carboxylic acids is 1. The van der Waals surface area contributed by atoms with Gasteiger partial charge in [-0.05, 0) is 24.3 Å². The van der Waals surface area contributed by atoms with Crippen molar-refractivity contribution >= 4 is 11.7 Å². The summed E-state index contributed by atoms with van der Waals surface area (Å²) in [4.78, 5) is 15.6. The van der Waals surface area contributed by atoms with E-state index in [1.54, 1.807) is 0 Å². The molecule has 0 saturated heterocycles. The summed E-state index contributed by atoms with van der Waals surface area (Å²) < 4.78 is 80.6. The molecule has 3 aromatic rings. The zero-order chi connectivity index (χ0) is 22.6. The summed E-state index contributed by atoms with van der Waals surface area (Å²) in [6.45, 7) is 4.00. The van der Waals surface area contributed by atoms with Gasteiger partial charge < -0.3 is 5.32 Å². The topological polar surface area (TPSA) is 59.8 Å². The van der Waals surface area contributed by atoms with E-state index in [4.69, 9.17) is 0 Å². The molecule has 2 heterocycles. The number of nitrogens with one attached hydrogen (secondary N) is 1. The van der Waals surface area contributed by atoms with Crippen LogP contribution in [0.25, 0.3) is 11.3 Å². The Bertz CT molecular complexity index is 1040. The van der Waals surface area contributed by atoms with Crippen LogP contribution in [-0.2, 0) is 13.2 Å². The number of alkyl halides is 3. The molecule has 2 aromatic heterocycles. The number of aryl methyl sites for hydroxylation is 1. The van der Waals surface area contributed by atoms with Gasteiger partial charge in [-0.25, -0.2) is 18.2 Å². The van der Waals surface area contributed by atoms with Gasteiger partial charge in [-0.15, -0.1) is 0 Å². The zero-order valence-corrected chi connectivity index (χ0v) is 16.0. The van der Waals surface area contributed by atoms with Gasteiger partial charge in [0.05, 0.1) is 5.69 Å². The standard InChI is InChI=1S/C17H10F6N4O.C2H6/c1-27-12(6-13(26-27)17(21,22)23)8-5-11(20)15(24-7-8)25-16(28)14-9(18)3-2-4-10(14)19;1-2/h2-7H,1H3,(H,24,25,28);1-2H3. The van der Waals surface area contributed by atoms with E-state index < -0.39 is 46.6 Å². The highest BCUT2D eigenvalue weighted by atomic mass is 19.4. The number of halogens is 6. The molecule has 30 heavy (non-hydrogen) atoms. The molecular formula is C19H16F6N4O. The fourth-order valence-electron chi connectivity index (χ4n) is 2.43. The van der Waals surface area contributed by atoms with Crippen molar-refractivity contribution in [3.05, 3.63) is 65.2 Å². The van der Waals surface area contributed by atoms with Crippen molar-refractivity contribution in [1.29, 1.82) is 0 Å². The van der Waals surface area contributed by atoms with Gasteiger partial charge in [0.1, 0.15) is 17.2 Å². The molecule has 0 aliphatic rings. The molecule has 11 heteroatoms. The number of aromatic nitrogens is 3. The second kappa shape index (κ2) is 8.97. The van der Waals surface area contributed by atoms with Crippen molar-refractivity contribution in [1.82, 2.24) is 14.8 Å². The van der Waals surface area contributed by atoms with Gasteiger partial charge in [-0.3, -0.25) is 9.48 Å². The zero-order valence-electron chi connectivity index (χ0n) is 16.0. The van der Waals surface area contributed by atoms with Crippen LogP contribution in [0.4, 0.5) is 32.2 Å². The molecule has 0 fully saturated rings. The van der Waals surface area contributed by atoms with Crippen molar-refractivity contribution in [3.63, 3.8) is 0 Å². The molecule has 1 aromatic carbocycles. The monoisotopic (exact) mass is 430 g/mol. The molecule has 5 nitrogen and oxygen atoms in total. The maximum atomic E-state index is 14.3. The summed E-state index contributed by atoms with van der Waals surface area (Å²) >= 11 is 0. The van der Waals surface area contributed by atoms with E-state index in [9.17, 15) is 31.1 Å². The number of anilines is 1. The SMILES string of the molecule is CC.Cn1nc(C(F)(F)F)cc1-c1cnc(NC(=O)c2c(F)cccc2F)c(F)c1. The maximum absolute atomic E-state index is 14.3. The Kier molecular flexibility index (Phi) is 6.85. The normalized spacial score (nSPS) is 11.0. The Morgan fingerprint density at radius 1 is 1.03 bits per heavy atom. The van der Waals surface area contributed by atoms with Crippen LogP contribution >= 0.6 is 0 Å². The van der Waals surface area contributed by atoms with E-state index in [-0.39, 0.29) is 11.3 Å². The molecular weight excluding hydrogens is 414 g/mol. The Labute approximate surface area is 167 Å². The summed E-state index contributed by atoms with van der Waals surface area (Å²) in [6, 6.07) is 4.29. The molecule has 3 rings (SSSR count). The highest BCUT2D eigenvalue weighted by molar-refractivity contribution is 6.04. The average Bonchev–Trinajstić information content (AvgIpc) is 3.07. The third-order valence-electron chi connectivity index (χ3n) is 3.73. The van der Waals surface area contributed by atoms with Crippen LogP contribution in [-0.4, -0.2) is 20.7 Å². The number of pyridine rings is 1. The molecule has 0 spiro atoms. The fourth-order valence-corrected chi connectivity index (χ4v) is 2.43. The number of rotatable bonds is 3. The molecule has 0 atom stereocenters. The van der Waals surface area contributed by atoms with Gasteiger partial charge in [0.25, 0.3) is 5.91 Å². The van der Waals surface area contributed by atoms with Crippen molar-refractivity contribution in [2.24, 2.45) is 7.05 Å². The molecule has 0 aliphatic carbocycles. The first-order valence-corrected chi connectivity index (χ1v) is 8.60. The van der Waals surface area contributed by atoms with E-state index in [0.717, 1.165) is 35.1 Å². The Morgan fingerprint density at radius 2 is 1.63 bits per heavy atom. The number of carbonyl (C=O) groups is 1. The van der Waals surface area contributed by atoms with Crippen LogP contribution in [0.15, 0.2) is 36.5 Å².